The van der Waals surface area contributed by atoms with Crippen molar-refractivity contribution >= 4 is 11.9 Å². The summed E-state index contributed by atoms with van der Waals surface area (Å²) in [6.45, 7) is 4.31. The Morgan fingerprint density at radius 1 is 1.19 bits per heavy atom. The summed E-state index contributed by atoms with van der Waals surface area (Å²) in [5, 5.41) is 9.76. The molecule has 27 heavy (non-hydrogen) atoms. The van der Waals surface area contributed by atoms with Crippen molar-refractivity contribution in [3.8, 4) is 5.75 Å². The molecule has 0 saturated carbocycles. The summed E-state index contributed by atoms with van der Waals surface area (Å²) in [6, 6.07) is 10.7. The molecule has 3 rings (SSSR count). The summed E-state index contributed by atoms with van der Waals surface area (Å²) in [4.78, 5) is 24.0. The first-order valence-electron chi connectivity index (χ1n) is 9.35. The molecule has 5 nitrogen and oxygen atoms in total. The number of rotatable bonds is 8. The van der Waals surface area contributed by atoms with Crippen LogP contribution in [0.5, 0.6) is 5.75 Å². The number of hydrogen-bond acceptors (Lipinski definition) is 4. The van der Waals surface area contributed by atoms with Gasteiger partial charge >= 0.3 is 11.9 Å². The van der Waals surface area contributed by atoms with Gasteiger partial charge in [-0.15, -0.1) is 0 Å². The number of carbonyl (C=O) groups is 2. The van der Waals surface area contributed by atoms with Crippen molar-refractivity contribution < 1.29 is 24.2 Å². The average molecular weight is 368 g/mol. The van der Waals surface area contributed by atoms with Gasteiger partial charge in [-0.1, -0.05) is 57.0 Å². The summed E-state index contributed by atoms with van der Waals surface area (Å²) in [7, 11) is 0. The number of cyclic esters (lactones) is 1. The highest BCUT2D eigenvalue weighted by Gasteiger charge is 2.31. The third-order valence-corrected chi connectivity index (χ3v) is 4.72. The van der Waals surface area contributed by atoms with E-state index < -0.39 is 12.1 Å². The highest BCUT2D eigenvalue weighted by molar-refractivity contribution is 5.94. The predicted molar refractivity (Wildman–Crippen MR) is 101 cm³/mol. The van der Waals surface area contributed by atoms with Crippen LogP contribution < -0.4 is 4.74 Å². The van der Waals surface area contributed by atoms with Crippen molar-refractivity contribution in [2.45, 2.75) is 52.2 Å². The SMILES string of the molecule is CCCc1cc2c(c(CCC)c1OC(C(=O)O)c1ccccc1)COC2=O. The molecule has 2 aromatic rings. The number of fused-ring (bicyclic) bond motifs is 1. The fourth-order valence-electron chi connectivity index (χ4n) is 3.51. The van der Waals surface area contributed by atoms with Gasteiger partial charge in [0, 0.05) is 16.7 Å². The highest BCUT2D eigenvalue weighted by atomic mass is 16.5. The van der Waals surface area contributed by atoms with Crippen molar-refractivity contribution in [2.24, 2.45) is 0 Å². The van der Waals surface area contributed by atoms with E-state index in [0.29, 0.717) is 29.7 Å². The predicted octanol–water partition coefficient (Wildman–Crippen LogP) is 4.47. The normalized spacial score (nSPS) is 13.8. The van der Waals surface area contributed by atoms with Gasteiger partial charge in [-0.2, -0.15) is 0 Å². The summed E-state index contributed by atoms with van der Waals surface area (Å²) >= 11 is 0. The van der Waals surface area contributed by atoms with Crippen LogP contribution in [0.3, 0.4) is 0 Å². The lowest BCUT2D eigenvalue weighted by Crippen LogP contribution is -2.20. The van der Waals surface area contributed by atoms with Crippen LogP contribution in [-0.2, 0) is 29.0 Å². The van der Waals surface area contributed by atoms with E-state index in [0.717, 1.165) is 29.5 Å². The minimum Gasteiger partial charge on any atom is -0.478 e. The number of aliphatic carboxylic acids is 1. The number of ether oxygens (including phenoxy) is 2. The fraction of sp³-hybridized carbons (Fsp3) is 0.364. The second-order valence-electron chi connectivity index (χ2n) is 6.69. The van der Waals surface area contributed by atoms with Gasteiger partial charge in [0.1, 0.15) is 12.4 Å². The van der Waals surface area contributed by atoms with E-state index >= 15 is 0 Å². The van der Waals surface area contributed by atoms with Crippen LogP contribution in [0.1, 0.15) is 65.4 Å². The van der Waals surface area contributed by atoms with E-state index in [1.807, 2.05) is 26.0 Å². The van der Waals surface area contributed by atoms with Crippen molar-refractivity contribution in [3.05, 3.63) is 64.2 Å². The Balaban J connectivity index is 2.12. The Bertz CT molecular complexity index is 842. The largest absolute Gasteiger partial charge is 0.478 e. The van der Waals surface area contributed by atoms with E-state index in [1.54, 1.807) is 24.3 Å². The zero-order valence-electron chi connectivity index (χ0n) is 15.7. The molecule has 1 aliphatic rings. The molecule has 1 aliphatic heterocycles. The van der Waals surface area contributed by atoms with Crippen molar-refractivity contribution in [3.63, 3.8) is 0 Å². The summed E-state index contributed by atoms with van der Waals surface area (Å²) in [5.41, 5.74) is 3.75. The van der Waals surface area contributed by atoms with E-state index in [2.05, 4.69) is 0 Å². The Morgan fingerprint density at radius 3 is 2.52 bits per heavy atom. The van der Waals surface area contributed by atoms with Crippen molar-refractivity contribution in [1.82, 2.24) is 0 Å². The quantitative estimate of drug-likeness (QED) is 0.696. The first-order valence-corrected chi connectivity index (χ1v) is 9.35. The van der Waals surface area contributed by atoms with Crippen LogP contribution in [0.2, 0.25) is 0 Å². The van der Waals surface area contributed by atoms with E-state index in [9.17, 15) is 14.7 Å². The molecular formula is C22H24O5. The monoisotopic (exact) mass is 368 g/mol. The summed E-state index contributed by atoms with van der Waals surface area (Å²) in [6.07, 6.45) is 2.02. The maximum absolute atomic E-state index is 12.1. The second-order valence-corrected chi connectivity index (χ2v) is 6.69. The molecule has 1 N–H and O–H groups in total. The number of carboxylic acids is 1. The molecule has 0 aromatic heterocycles. The van der Waals surface area contributed by atoms with Gasteiger partial charge in [0.05, 0.1) is 5.56 Å². The number of carboxylic acid groups (broad SMARTS) is 1. The molecule has 2 aromatic carbocycles. The lowest BCUT2D eigenvalue weighted by molar-refractivity contribution is -0.145. The van der Waals surface area contributed by atoms with Gasteiger partial charge < -0.3 is 14.6 Å². The van der Waals surface area contributed by atoms with Crippen LogP contribution in [-0.4, -0.2) is 17.0 Å². The molecule has 0 saturated heterocycles. The molecule has 0 fully saturated rings. The number of aryl methyl sites for hydroxylation is 1. The lowest BCUT2D eigenvalue weighted by Gasteiger charge is -2.22. The molecule has 1 unspecified atom stereocenters. The number of benzene rings is 2. The molecule has 0 aliphatic carbocycles. The van der Waals surface area contributed by atoms with Gasteiger partial charge in [-0.05, 0) is 24.5 Å². The maximum atomic E-state index is 12.1. The molecule has 0 radical (unpaired) electrons. The van der Waals surface area contributed by atoms with E-state index in [4.69, 9.17) is 9.47 Å². The smallest absolute Gasteiger partial charge is 0.349 e. The molecule has 0 amide bonds. The average Bonchev–Trinajstić information content (AvgIpc) is 3.03. The van der Waals surface area contributed by atoms with Crippen LogP contribution in [0.15, 0.2) is 36.4 Å². The lowest BCUT2D eigenvalue weighted by atomic mass is 9.93. The molecule has 142 valence electrons. The number of esters is 1. The van der Waals surface area contributed by atoms with Crippen molar-refractivity contribution in [2.75, 3.05) is 0 Å². The van der Waals surface area contributed by atoms with Gasteiger partial charge in [0.25, 0.3) is 0 Å². The Hall–Kier alpha value is -2.82. The van der Waals surface area contributed by atoms with Crippen LogP contribution in [0.25, 0.3) is 0 Å². The zero-order chi connectivity index (χ0) is 19.4. The molecule has 0 bridgehead atoms. The molecular weight excluding hydrogens is 344 g/mol. The topological polar surface area (TPSA) is 72.8 Å². The van der Waals surface area contributed by atoms with Crippen molar-refractivity contribution in [1.29, 1.82) is 0 Å². The van der Waals surface area contributed by atoms with Crippen LogP contribution in [0.4, 0.5) is 0 Å². The summed E-state index contributed by atoms with van der Waals surface area (Å²) in [5.74, 6) is -0.768. The molecule has 1 atom stereocenters. The number of hydrogen-bond donors (Lipinski definition) is 1. The minimum atomic E-state index is -1.10. The fourth-order valence-corrected chi connectivity index (χ4v) is 3.51. The molecule has 0 spiro atoms. The number of carbonyl (C=O) groups excluding carboxylic acids is 1. The maximum Gasteiger partial charge on any atom is 0.349 e. The van der Waals surface area contributed by atoms with Gasteiger partial charge in [-0.3, -0.25) is 0 Å². The standard InChI is InChI=1S/C22H24O5/c1-3-8-15-12-17-18(13-26-22(17)25)16(9-4-2)19(15)27-20(21(23)24)14-10-6-5-7-11-14/h5-7,10-12,20H,3-4,8-9,13H2,1-2H3,(H,23,24). The highest BCUT2D eigenvalue weighted by Crippen LogP contribution is 2.38. The molecule has 1 heterocycles. The first kappa shape index (κ1) is 19.0. The third kappa shape index (κ3) is 3.82. The second kappa shape index (κ2) is 8.25. The zero-order valence-corrected chi connectivity index (χ0v) is 15.7. The first-order chi connectivity index (χ1) is 13.1. The van der Waals surface area contributed by atoms with E-state index in [1.165, 1.54) is 0 Å². The molecule has 5 heteroatoms. The van der Waals surface area contributed by atoms with Gasteiger partial charge in [0.15, 0.2) is 0 Å². The van der Waals surface area contributed by atoms with Crippen LogP contribution >= 0.6 is 0 Å². The van der Waals surface area contributed by atoms with E-state index in [-0.39, 0.29) is 12.6 Å². The third-order valence-electron chi connectivity index (χ3n) is 4.72. The Labute approximate surface area is 158 Å². The van der Waals surface area contributed by atoms with Crippen LogP contribution in [0, 0.1) is 0 Å². The van der Waals surface area contributed by atoms with Gasteiger partial charge in [0.2, 0.25) is 6.10 Å². The Morgan fingerprint density at radius 2 is 1.89 bits per heavy atom. The minimum absolute atomic E-state index is 0.218. The van der Waals surface area contributed by atoms with Gasteiger partial charge in [-0.25, -0.2) is 9.59 Å². The Kier molecular flexibility index (Phi) is 5.79. The summed E-state index contributed by atoms with van der Waals surface area (Å²) < 4.78 is 11.3.